The Hall–Kier alpha value is -2.73. The Morgan fingerprint density at radius 2 is 1.76 bits per heavy atom. The molecule has 1 saturated heterocycles. The van der Waals surface area contributed by atoms with Crippen LogP contribution in [-0.4, -0.2) is 54.7 Å². The highest BCUT2D eigenvalue weighted by molar-refractivity contribution is 6.02. The van der Waals surface area contributed by atoms with Gasteiger partial charge in [0.05, 0.1) is 11.8 Å². The summed E-state index contributed by atoms with van der Waals surface area (Å²) in [6.07, 6.45) is 2.77. The quantitative estimate of drug-likeness (QED) is 0.745. The summed E-state index contributed by atoms with van der Waals surface area (Å²) in [7, 11) is 2.18. The van der Waals surface area contributed by atoms with Crippen molar-refractivity contribution in [2.75, 3.05) is 33.4 Å². The van der Waals surface area contributed by atoms with Crippen molar-refractivity contribution in [3.05, 3.63) is 53.6 Å². The van der Waals surface area contributed by atoms with Gasteiger partial charge in [-0.2, -0.15) is 5.10 Å². The fourth-order valence-corrected chi connectivity index (χ4v) is 4.92. The zero-order chi connectivity index (χ0) is 19.4. The lowest BCUT2D eigenvalue weighted by Gasteiger charge is -2.50. The molecule has 6 heteroatoms. The molecule has 150 valence electrons. The zero-order valence-corrected chi connectivity index (χ0v) is 16.6. The normalized spacial score (nSPS) is 24.5. The minimum absolute atomic E-state index is 0.214. The van der Waals surface area contributed by atoms with E-state index in [2.05, 4.69) is 53.4 Å². The lowest BCUT2D eigenvalue weighted by molar-refractivity contribution is -0.147. The number of nitrogens with zero attached hydrogens (tertiary/aromatic N) is 3. The first-order valence-corrected chi connectivity index (χ1v) is 10.5. The van der Waals surface area contributed by atoms with E-state index in [0.717, 1.165) is 60.9 Å². The Labute approximate surface area is 170 Å². The van der Waals surface area contributed by atoms with E-state index < -0.39 is 0 Å². The van der Waals surface area contributed by atoms with Crippen LogP contribution in [0.1, 0.15) is 36.4 Å². The SMILES string of the molecule is CN1CCC2(CC1)Oc1ccccc1[C@@H]1CC(c3ccc4c(c3)OCCO4)=NN12. The summed E-state index contributed by atoms with van der Waals surface area (Å²) >= 11 is 0. The summed E-state index contributed by atoms with van der Waals surface area (Å²) in [6, 6.07) is 14.8. The summed E-state index contributed by atoms with van der Waals surface area (Å²) in [5.41, 5.74) is 3.06. The molecule has 1 atom stereocenters. The molecule has 0 aromatic heterocycles. The van der Waals surface area contributed by atoms with Crippen molar-refractivity contribution in [3.63, 3.8) is 0 Å². The Morgan fingerprint density at radius 3 is 2.62 bits per heavy atom. The minimum Gasteiger partial charge on any atom is -0.486 e. The van der Waals surface area contributed by atoms with Crippen molar-refractivity contribution in [1.29, 1.82) is 0 Å². The molecule has 0 unspecified atom stereocenters. The molecule has 0 bridgehead atoms. The topological polar surface area (TPSA) is 46.5 Å². The van der Waals surface area contributed by atoms with Crippen LogP contribution < -0.4 is 14.2 Å². The second-order valence-corrected chi connectivity index (χ2v) is 8.36. The van der Waals surface area contributed by atoms with Gasteiger partial charge in [-0.25, -0.2) is 5.01 Å². The van der Waals surface area contributed by atoms with Gasteiger partial charge in [-0.1, -0.05) is 18.2 Å². The number of rotatable bonds is 1. The molecule has 29 heavy (non-hydrogen) atoms. The van der Waals surface area contributed by atoms with Crippen molar-refractivity contribution in [2.24, 2.45) is 5.10 Å². The van der Waals surface area contributed by atoms with Crippen LogP contribution in [0.5, 0.6) is 17.2 Å². The first kappa shape index (κ1) is 17.2. The van der Waals surface area contributed by atoms with Crippen LogP contribution in [0.2, 0.25) is 0 Å². The van der Waals surface area contributed by atoms with Gasteiger partial charge in [0, 0.05) is 43.5 Å². The number of fused-ring (bicyclic) bond motifs is 5. The molecule has 4 aliphatic rings. The molecule has 1 spiro atoms. The van der Waals surface area contributed by atoms with E-state index in [0.29, 0.717) is 13.2 Å². The second kappa shape index (κ2) is 6.39. The molecular formula is C23H25N3O3. The summed E-state index contributed by atoms with van der Waals surface area (Å²) in [4.78, 5) is 2.37. The number of para-hydroxylation sites is 1. The predicted octanol–water partition coefficient (Wildman–Crippen LogP) is 3.42. The second-order valence-electron chi connectivity index (χ2n) is 8.36. The van der Waals surface area contributed by atoms with Crippen molar-refractivity contribution >= 4 is 5.71 Å². The maximum atomic E-state index is 6.64. The summed E-state index contributed by atoms with van der Waals surface area (Å²) in [5, 5.41) is 7.40. The van der Waals surface area contributed by atoms with Crippen LogP contribution in [0.25, 0.3) is 0 Å². The molecule has 2 aromatic rings. The van der Waals surface area contributed by atoms with Gasteiger partial charge < -0.3 is 19.1 Å². The van der Waals surface area contributed by atoms with Crippen LogP contribution in [0.3, 0.4) is 0 Å². The molecule has 0 radical (unpaired) electrons. The molecule has 6 rings (SSSR count). The number of piperidine rings is 1. The number of hydrogen-bond donors (Lipinski definition) is 0. The number of benzene rings is 2. The highest BCUT2D eigenvalue weighted by Gasteiger charge is 2.51. The van der Waals surface area contributed by atoms with Gasteiger partial charge in [-0.3, -0.25) is 0 Å². The average molecular weight is 391 g/mol. The Bertz CT molecular complexity index is 981. The van der Waals surface area contributed by atoms with Gasteiger partial charge in [0.1, 0.15) is 19.0 Å². The zero-order valence-electron chi connectivity index (χ0n) is 16.6. The van der Waals surface area contributed by atoms with Gasteiger partial charge in [-0.15, -0.1) is 0 Å². The maximum Gasteiger partial charge on any atom is 0.200 e. The van der Waals surface area contributed by atoms with Crippen LogP contribution in [0.15, 0.2) is 47.6 Å². The molecular weight excluding hydrogens is 366 g/mol. The van der Waals surface area contributed by atoms with Crippen molar-refractivity contribution in [3.8, 4) is 17.2 Å². The first-order chi connectivity index (χ1) is 14.2. The van der Waals surface area contributed by atoms with Gasteiger partial charge in [0.25, 0.3) is 0 Å². The third-order valence-electron chi connectivity index (χ3n) is 6.55. The van der Waals surface area contributed by atoms with E-state index in [9.17, 15) is 0 Å². The summed E-state index contributed by atoms with van der Waals surface area (Å²) in [5.74, 6) is 2.64. The third-order valence-corrected chi connectivity index (χ3v) is 6.55. The van der Waals surface area contributed by atoms with Crippen molar-refractivity contribution in [1.82, 2.24) is 9.91 Å². The lowest BCUT2D eigenvalue weighted by atomic mass is 9.91. The molecule has 0 saturated carbocycles. The molecule has 4 heterocycles. The smallest absolute Gasteiger partial charge is 0.200 e. The number of ether oxygens (including phenoxy) is 3. The minimum atomic E-state index is -0.360. The molecule has 6 nitrogen and oxygen atoms in total. The standard InChI is InChI=1S/C23H25N3O3/c1-25-10-8-23(9-11-25)26-19(17-4-2-3-5-20(17)29-23)15-18(24-26)16-6-7-21-22(14-16)28-13-12-27-21/h2-7,14,19H,8-13,15H2,1H3/t19-/m0/s1. The molecule has 1 fully saturated rings. The lowest BCUT2D eigenvalue weighted by Crippen LogP contribution is -2.58. The van der Waals surface area contributed by atoms with E-state index in [1.54, 1.807) is 0 Å². The number of likely N-dealkylation sites (tertiary alicyclic amines) is 1. The summed E-state index contributed by atoms with van der Waals surface area (Å²) in [6.45, 7) is 3.23. The van der Waals surface area contributed by atoms with E-state index in [1.807, 2.05) is 6.07 Å². The molecule has 4 aliphatic heterocycles. The monoisotopic (exact) mass is 391 g/mol. The van der Waals surface area contributed by atoms with Crippen molar-refractivity contribution < 1.29 is 14.2 Å². The predicted molar refractivity (Wildman–Crippen MR) is 110 cm³/mol. The average Bonchev–Trinajstić information content (AvgIpc) is 3.22. The maximum absolute atomic E-state index is 6.64. The van der Waals surface area contributed by atoms with Crippen LogP contribution >= 0.6 is 0 Å². The fourth-order valence-electron chi connectivity index (χ4n) is 4.92. The van der Waals surface area contributed by atoms with E-state index in [4.69, 9.17) is 19.3 Å². The molecule has 0 amide bonds. The van der Waals surface area contributed by atoms with Crippen molar-refractivity contribution in [2.45, 2.75) is 31.0 Å². The van der Waals surface area contributed by atoms with E-state index in [1.165, 1.54) is 5.56 Å². The van der Waals surface area contributed by atoms with Crippen LogP contribution in [0.4, 0.5) is 0 Å². The van der Waals surface area contributed by atoms with Gasteiger partial charge >= 0.3 is 0 Å². The molecule has 0 aliphatic carbocycles. The number of hydrazone groups is 1. The third kappa shape index (κ3) is 2.69. The van der Waals surface area contributed by atoms with Crippen LogP contribution in [0, 0.1) is 0 Å². The van der Waals surface area contributed by atoms with E-state index in [-0.39, 0.29) is 11.8 Å². The number of hydrogen-bond acceptors (Lipinski definition) is 6. The Balaban J connectivity index is 1.40. The molecule has 0 N–H and O–H groups in total. The Morgan fingerprint density at radius 1 is 0.966 bits per heavy atom. The van der Waals surface area contributed by atoms with E-state index >= 15 is 0 Å². The van der Waals surface area contributed by atoms with Gasteiger partial charge in [-0.05, 0) is 31.3 Å². The summed E-state index contributed by atoms with van der Waals surface area (Å²) < 4.78 is 18.1. The fraction of sp³-hybridized carbons (Fsp3) is 0.435. The van der Waals surface area contributed by atoms with Gasteiger partial charge in [0.2, 0.25) is 5.72 Å². The van der Waals surface area contributed by atoms with Crippen LogP contribution in [-0.2, 0) is 0 Å². The first-order valence-electron chi connectivity index (χ1n) is 10.5. The largest absolute Gasteiger partial charge is 0.486 e. The Kier molecular flexibility index (Phi) is 3.78. The highest BCUT2D eigenvalue weighted by Crippen LogP contribution is 2.50. The highest BCUT2D eigenvalue weighted by atomic mass is 16.6. The van der Waals surface area contributed by atoms with Gasteiger partial charge in [0.15, 0.2) is 11.5 Å². The molecule has 2 aromatic carbocycles.